The maximum Gasteiger partial charge on any atom is 0.322 e. The van der Waals surface area contributed by atoms with Crippen molar-refractivity contribution in [3.63, 3.8) is 0 Å². The molecule has 5 heteroatoms. The quantitative estimate of drug-likeness (QED) is 0.889. The summed E-state index contributed by atoms with van der Waals surface area (Å²) in [4.78, 5) is 25.0. The normalized spacial score (nSPS) is 11.8. The van der Waals surface area contributed by atoms with Crippen LogP contribution in [0.3, 0.4) is 0 Å². The molecule has 0 bridgehead atoms. The Bertz CT molecular complexity index is 495. The lowest BCUT2D eigenvalue weighted by molar-refractivity contribution is -0.150. The molecular weight excluding hydrogens is 256 g/mol. The number of para-hydroxylation sites is 1. The zero-order valence-corrected chi connectivity index (χ0v) is 12.6. The van der Waals surface area contributed by atoms with Crippen molar-refractivity contribution in [3.8, 4) is 0 Å². The lowest BCUT2D eigenvalue weighted by atomic mass is 9.74. The fraction of sp³-hybridized carbons (Fsp3) is 0.467. The van der Waals surface area contributed by atoms with Crippen LogP contribution in [0, 0.1) is 5.41 Å². The highest BCUT2D eigenvalue weighted by Crippen LogP contribution is 2.31. The molecule has 0 aliphatic carbocycles. The topological polar surface area (TPSA) is 69.6 Å². The van der Waals surface area contributed by atoms with Gasteiger partial charge in [0.05, 0.1) is 11.0 Å². The molecule has 1 aromatic carbocycles. The minimum absolute atomic E-state index is 0.337. The Kier molecular flexibility index (Phi) is 4.43. The third kappa shape index (κ3) is 3.10. The first-order chi connectivity index (χ1) is 9.09. The van der Waals surface area contributed by atoms with E-state index in [4.69, 9.17) is 0 Å². The highest BCUT2D eigenvalue weighted by atomic mass is 16.4. The van der Waals surface area contributed by atoms with Gasteiger partial charge in [0.15, 0.2) is 0 Å². The van der Waals surface area contributed by atoms with Crippen molar-refractivity contribution in [2.45, 2.75) is 33.2 Å². The first kappa shape index (κ1) is 16.0. The Morgan fingerprint density at radius 1 is 1.10 bits per heavy atom. The summed E-state index contributed by atoms with van der Waals surface area (Å²) in [7, 11) is 1.65. The van der Waals surface area contributed by atoms with Crippen molar-refractivity contribution >= 4 is 17.7 Å². The highest BCUT2D eigenvalue weighted by molar-refractivity contribution is 5.92. The van der Waals surface area contributed by atoms with E-state index in [1.54, 1.807) is 34.7 Å². The molecule has 0 aromatic heterocycles. The van der Waals surface area contributed by atoms with Gasteiger partial charge in [0.25, 0.3) is 0 Å². The Balaban J connectivity index is 2.88. The number of hydrogen-bond donors (Lipinski definition) is 2. The molecular formula is C15H22N2O3. The maximum absolute atomic E-state index is 12.3. The largest absolute Gasteiger partial charge is 0.481 e. The summed E-state index contributed by atoms with van der Waals surface area (Å²) in [5.41, 5.74) is -1.23. The van der Waals surface area contributed by atoms with E-state index >= 15 is 0 Å². The standard InChI is InChI=1S/C15H22N2O3/c1-14(2,12(18)19)15(3,4)16-13(20)17(5)11-9-7-6-8-10-11/h6-10H,1-5H3,(H,16,20)(H,18,19). The van der Waals surface area contributed by atoms with Crippen molar-refractivity contribution in [2.24, 2.45) is 5.41 Å². The maximum atomic E-state index is 12.3. The van der Waals surface area contributed by atoms with E-state index in [2.05, 4.69) is 5.32 Å². The van der Waals surface area contributed by atoms with E-state index in [9.17, 15) is 14.7 Å². The summed E-state index contributed by atoms with van der Waals surface area (Å²) >= 11 is 0. The number of rotatable bonds is 4. The zero-order valence-electron chi connectivity index (χ0n) is 12.6. The molecule has 1 aromatic rings. The lowest BCUT2D eigenvalue weighted by Gasteiger charge is -2.39. The van der Waals surface area contributed by atoms with Gasteiger partial charge in [-0.1, -0.05) is 18.2 Å². The van der Waals surface area contributed by atoms with E-state index in [1.165, 1.54) is 4.90 Å². The summed E-state index contributed by atoms with van der Waals surface area (Å²) in [6.07, 6.45) is 0. The number of carboxylic acid groups (broad SMARTS) is 1. The molecule has 2 amide bonds. The molecule has 0 saturated heterocycles. The van der Waals surface area contributed by atoms with Gasteiger partial charge in [-0.2, -0.15) is 0 Å². The van der Waals surface area contributed by atoms with Crippen LogP contribution in [0.25, 0.3) is 0 Å². The van der Waals surface area contributed by atoms with E-state index in [-0.39, 0.29) is 6.03 Å². The van der Waals surface area contributed by atoms with Crippen LogP contribution in [0.5, 0.6) is 0 Å². The Morgan fingerprint density at radius 2 is 1.60 bits per heavy atom. The smallest absolute Gasteiger partial charge is 0.322 e. The fourth-order valence-electron chi connectivity index (χ4n) is 1.54. The van der Waals surface area contributed by atoms with Crippen LogP contribution in [-0.2, 0) is 4.79 Å². The average Bonchev–Trinajstić information content (AvgIpc) is 2.37. The van der Waals surface area contributed by atoms with E-state index in [1.807, 2.05) is 30.3 Å². The minimum Gasteiger partial charge on any atom is -0.481 e. The summed E-state index contributed by atoms with van der Waals surface area (Å²) in [5.74, 6) is -0.954. The molecule has 2 N–H and O–H groups in total. The van der Waals surface area contributed by atoms with Gasteiger partial charge in [0, 0.05) is 12.7 Å². The summed E-state index contributed by atoms with van der Waals surface area (Å²) in [6, 6.07) is 8.84. The number of nitrogens with zero attached hydrogens (tertiary/aromatic N) is 1. The molecule has 5 nitrogen and oxygen atoms in total. The van der Waals surface area contributed by atoms with Gasteiger partial charge < -0.3 is 10.4 Å². The van der Waals surface area contributed by atoms with Gasteiger partial charge in [0.1, 0.15) is 0 Å². The fourth-order valence-corrected chi connectivity index (χ4v) is 1.54. The van der Waals surface area contributed by atoms with E-state index < -0.39 is 16.9 Å². The third-order valence-electron chi connectivity index (χ3n) is 3.96. The second-order valence-corrected chi connectivity index (χ2v) is 5.88. The first-order valence-corrected chi connectivity index (χ1v) is 6.44. The number of aliphatic carboxylic acids is 1. The van der Waals surface area contributed by atoms with Crippen molar-refractivity contribution in [1.29, 1.82) is 0 Å². The number of amides is 2. The van der Waals surface area contributed by atoms with Gasteiger partial charge in [-0.05, 0) is 39.8 Å². The Hall–Kier alpha value is -2.04. The molecule has 0 spiro atoms. The van der Waals surface area contributed by atoms with Crippen LogP contribution >= 0.6 is 0 Å². The predicted molar refractivity (Wildman–Crippen MR) is 78.9 cm³/mol. The SMILES string of the molecule is CN(C(=O)NC(C)(C)C(C)(C)C(=O)O)c1ccccc1. The third-order valence-corrected chi connectivity index (χ3v) is 3.96. The molecule has 0 unspecified atom stereocenters. The monoisotopic (exact) mass is 278 g/mol. The lowest BCUT2D eigenvalue weighted by Crippen LogP contribution is -2.59. The second-order valence-electron chi connectivity index (χ2n) is 5.88. The number of carbonyl (C=O) groups excluding carboxylic acids is 1. The van der Waals surface area contributed by atoms with Gasteiger partial charge in [-0.25, -0.2) is 4.79 Å². The van der Waals surface area contributed by atoms with Gasteiger partial charge in [-0.15, -0.1) is 0 Å². The predicted octanol–water partition coefficient (Wildman–Crippen LogP) is 2.72. The van der Waals surface area contributed by atoms with Gasteiger partial charge in [0.2, 0.25) is 0 Å². The number of anilines is 1. The minimum atomic E-state index is -1.08. The summed E-state index contributed by atoms with van der Waals surface area (Å²) in [6.45, 7) is 6.60. The zero-order chi connectivity index (χ0) is 15.6. The molecule has 1 rings (SSSR count). The molecule has 0 saturated carbocycles. The summed E-state index contributed by atoms with van der Waals surface area (Å²) < 4.78 is 0. The molecule has 0 aliphatic rings. The Morgan fingerprint density at radius 3 is 2.05 bits per heavy atom. The molecule has 110 valence electrons. The van der Waals surface area contributed by atoms with Crippen molar-refractivity contribution in [3.05, 3.63) is 30.3 Å². The number of benzene rings is 1. The van der Waals surface area contributed by atoms with Crippen LogP contribution in [-0.4, -0.2) is 29.7 Å². The van der Waals surface area contributed by atoms with E-state index in [0.29, 0.717) is 0 Å². The summed E-state index contributed by atoms with van der Waals surface area (Å²) in [5, 5.41) is 12.1. The molecule has 0 aliphatic heterocycles. The van der Waals surface area contributed by atoms with Crippen molar-refractivity contribution in [1.82, 2.24) is 5.32 Å². The molecule has 0 atom stereocenters. The van der Waals surface area contributed by atoms with Crippen LogP contribution in [0.15, 0.2) is 30.3 Å². The van der Waals surface area contributed by atoms with Gasteiger partial charge >= 0.3 is 12.0 Å². The molecule has 0 fully saturated rings. The van der Waals surface area contributed by atoms with E-state index in [0.717, 1.165) is 5.69 Å². The van der Waals surface area contributed by atoms with Crippen LogP contribution < -0.4 is 10.2 Å². The van der Waals surface area contributed by atoms with Crippen LogP contribution in [0.1, 0.15) is 27.7 Å². The highest BCUT2D eigenvalue weighted by Gasteiger charge is 2.44. The average molecular weight is 278 g/mol. The number of carboxylic acids is 1. The second kappa shape index (κ2) is 5.53. The molecule has 0 radical (unpaired) electrons. The number of urea groups is 1. The first-order valence-electron chi connectivity index (χ1n) is 6.44. The molecule has 0 heterocycles. The van der Waals surface area contributed by atoms with Crippen molar-refractivity contribution < 1.29 is 14.7 Å². The van der Waals surface area contributed by atoms with Crippen molar-refractivity contribution in [2.75, 3.05) is 11.9 Å². The number of nitrogens with one attached hydrogen (secondary N) is 1. The number of carbonyl (C=O) groups is 2. The van der Waals surface area contributed by atoms with Gasteiger partial charge in [-0.3, -0.25) is 9.69 Å². The Labute approximate surface area is 119 Å². The molecule has 20 heavy (non-hydrogen) atoms. The van der Waals surface area contributed by atoms with Crippen LogP contribution in [0.4, 0.5) is 10.5 Å². The number of hydrogen-bond acceptors (Lipinski definition) is 2. The van der Waals surface area contributed by atoms with Crippen LogP contribution in [0.2, 0.25) is 0 Å².